The molecule has 1 aromatic carbocycles. The Morgan fingerprint density at radius 2 is 2.09 bits per heavy atom. The number of esters is 1. The van der Waals surface area contributed by atoms with Gasteiger partial charge in [0.2, 0.25) is 5.88 Å². The van der Waals surface area contributed by atoms with Crippen LogP contribution >= 0.6 is 0 Å². The van der Waals surface area contributed by atoms with Crippen molar-refractivity contribution in [1.82, 2.24) is 30.1 Å². The van der Waals surface area contributed by atoms with Gasteiger partial charge in [-0.15, -0.1) is 15.0 Å². The number of benzene rings is 1. The molecule has 1 aliphatic heterocycles. The molecule has 0 aliphatic carbocycles. The summed E-state index contributed by atoms with van der Waals surface area (Å²) in [4.78, 5) is 32.6. The Morgan fingerprint density at radius 1 is 1.25 bits per heavy atom. The van der Waals surface area contributed by atoms with Gasteiger partial charge in [0.25, 0.3) is 5.91 Å². The number of rotatable bonds is 5. The lowest BCUT2D eigenvalue weighted by molar-refractivity contribution is 0.0497. The number of para-hydroxylation sites is 1. The van der Waals surface area contributed by atoms with Gasteiger partial charge in [0.1, 0.15) is 23.4 Å². The van der Waals surface area contributed by atoms with Crippen LogP contribution in [0.1, 0.15) is 39.1 Å². The van der Waals surface area contributed by atoms with E-state index in [0.29, 0.717) is 30.6 Å². The molecule has 1 aliphatic rings. The van der Waals surface area contributed by atoms with Crippen molar-refractivity contribution in [3.63, 3.8) is 0 Å². The zero-order valence-electron chi connectivity index (χ0n) is 17.2. The summed E-state index contributed by atoms with van der Waals surface area (Å²) in [5, 5.41) is 20.9. The SMILES string of the molecule is COC(=O)c1c(C#N)ccnc1O[C@@H]1CCCN(C(=O)c2ccccc2-n2ncnn2)C1. The predicted octanol–water partition coefficient (Wildman–Crippen LogP) is 1.40. The normalized spacial score (nSPS) is 15.6. The molecule has 0 N–H and O–H groups in total. The van der Waals surface area contributed by atoms with Crippen molar-refractivity contribution in [3.05, 3.63) is 59.5 Å². The van der Waals surface area contributed by atoms with Crippen molar-refractivity contribution in [3.8, 4) is 17.6 Å². The van der Waals surface area contributed by atoms with Gasteiger partial charge in [-0.05, 0) is 36.3 Å². The topological polar surface area (TPSA) is 136 Å². The number of carbonyl (C=O) groups is 2. The number of aromatic nitrogens is 5. The Balaban J connectivity index is 1.55. The third-order valence-corrected chi connectivity index (χ3v) is 5.07. The molecule has 0 radical (unpaired) electrons. The average Bonchev–Trinajstić information content (AvgIpc) is 3.38. The molecule has 11 nitrogen and oxygen atoms in total. The molecule has 1 saturated heterocycles. The maximum absolute atomic E-state index is 13.3. The van der Waals surface area contributed by atoms with Gasteiger partial charge >= 0.3 is 5.97 Å². The summed E-state index contributed by atoms with van der Waals surface area (Å²) >= 11 is 0. The minimum Gasteiger partial charge on any atom is -0.472 e. The van der Waals surface area contributed by atoms with Crippen molar-refractivity contribution in [1.29, 1.82) is 5.26 Å². The minimum atomic E-state index is -0.706. The van der Waals surface area contributed by atoms with Crippen LogP contribution in [0.5, 0.6) is 5.88 Å². The first-order valence-electron chi connectivity index (χ1n) is 9.88. The number of amides is 1. The van der Waals surface area contributed by atoms with Crippen LogP contribution in [-0.4, -0.2) is 68.3 Å². The van der Waals surface area contributed by atoms with Gasteiger partial charge in [0, 0.05) is 12.7 Å². The monoisotopic (exact) mass is 433 g/mol. The van der Waals surface area contributed by atoms with Crippen LogP contribution in [0.15, 0.2) is 42.9 Å². The second-order valence-corrected chi connectivity index (χ2v) is 7.02. The van der Waals surface area contributed by atoms with Crippen LogP contribution in [0.25, 0.3) is 5.69 Å². The van der Waals surface area contributed by atoms with Crippen molar-refractivity contribution >= 4 is 11.9 Å². The molecular weight excluding hydrogens is 414 g/mol. The lowest BCUT2D eigenvalue weighted by atomic mass is 10.1. The lowest BCUT2D eigenvalue weighted by Gasteiger charge is -2.33. The van der Waals surface area contributed by atoms with E-state index >= 15 is 0 Å². The number of nitriles is 1. The number of hydrogen-bond acceptors (Lipinski definition) is 9. The molecule has 11 heteroatoms. The number of methoxy groups -OCH3 is 1. The highest BCUT2D eigenvalue weighted by Crippen LogP contribution is 2.25. The number of tetrazole rings is 1. The summed E-state index contributed by atoms with van der Waals surface area (Å²) in [5.74, 6) is -0.886. The summed E-state index contributed by atoms with van der Waals surface area (Å²) < 4.78 is 10.8. The number of carbonyl (C=O) groups excluding carboxylic acids is 2. The molecule has 0 unspecified atom stereocenters. The van der Waals surface area contributed by atoms with Gasteiger partial charge in [-0.1, -0.05) is 12.1 Å². The van der Waals surface area contributed by atoms with Crippen molar-refractivity contribution < 1.29 is 19.1 Å². The standard InChI is InChI=1S/C21H19N7O4/c1-31-21(30)18-14(11-22)8-9-23-19(18)32-15-5-4-10-27(12-15)20(29)16-6-2-3-7-17(16)28-25-13-24-26-28/h2-3,6-9,13,15H,4-5,10,12H2,1H3/t15-/m1/s1. The predicted molar refractivity (Wildman–Crippen MR) is 109 cm³/mol. The van der Waals surface area contributed by atoms with E-state index in [2.05, 4.69) is 20.4 Å². The fraction of sp³-hybridized carbons (Fsp3) is 0.286. The second-order valence-electron chi connectivity index (χ2n) is 7.02. The van der Waals surface area contributed by atoms with Gasteiger partial charge in [-0.2, -0.15) is 5.26 Å². The Morgan fingerprint density at radius 3 is 2.84 bits per heavy atom. The molecule has 3 aromatic rings. The third kappa shape index (κ3) is 4.11. The first-order valence-corrected chi connectivity index (χ1v) is 9.88. The molecule has 1 fully saturated rings. The molecular formula is C21H19N7O4. The van der Waals surface area contributed by atoms with Crippen molar-refractivity contribution in [2.45, 2.75) is 18.9 Å². The third-order valence-electron chi connectivity index (χ3n) is 5.07. The summed E-state index contributed by atoms with van der Waals surface area (Å²) in [7, 11) is 1.22. The molecule has 32 heavy (non-hydrogen) atoms. The van der Waals surface area contributed by atoms with Crippen LogP contribution in [0.2, 0.25) is 0 Å². The Kier molecular flexibility index (Phi) is 6.03. The highest BCUT2D eigenvalue weighted by Gasteiger charge is 2.29. The maximum atomic E-state index is 13.3. The molecule has 0 bridgehead atoms. The highest BCUT2D eigenvalue weighted by molar-refractivity contribution is 5.98. The Bertz CT molecular complexity index is 1170. The number of ether oxygens (including phenoxy) is 2. The minimum absolute atomic E-state index is 0.0161. The molecule has 2 aromatic heterocycles. The molecule has 0 spiro atoms. The largest absolute Gasteiger partial charge is 0.472 e. The van der Waals surface area contributed by atoms with Crippen LogP contribution in [0.3, 0.4) is 0 Å². The van der Waals surface area contributed by atoms with Gasteiger partial charge in [0.05, 0.1) is 24.8 Å². The van der Waals surface area contributed by atoms with Gasteiger partial charge in [0.15, 0.2) is 6.33 Å². The molecule has 4 rings (SSSR count). The summed E-state index contributed by atoms with van der Waals surface area (Å²) in [5.41, 5.74) is 1.05. The number of hydrogen-bond donors (Lipinski definition) is 0. The summed E-state index contributed by atoms with van der Waals surface area (Å²) in [6.45, 7) is 0.838. The maximum Gasteiger partial charge on any atom is 0.344 e. The number of nitrogens with zero attached hydrogens (tertiary/aromatic N) is 7. The lowest BCUT2D eigenvalue weighted by Crippen LogP contribution is -2.44. The molecule has 1 atom stereocenters. The van der Waals surface area contributed by atoms with E-state index in [9.17, 15) is 14.9 Å². The van der Waals surface area contributed by atoms with E-state index in [1.165, 1.54) is 30.5 Å². The first-order chi connectivity index (χ1) is 15.6. The number of pyridine rings is 1. The van der Waals surface area contributed by atoms with Crippen LogP contribution in [-0.2, 0) is 4.74 Å². The molecule has 162 valence electrons. The van der Waals surface area contributed by atoms with E-state index in [4.69, 9.17) is 9.47 Å². The zero-order chi connectivity index (χ0) is 22.5. The highest BCUT2D eigenvalue weighted by atomic mass is 16.5. The fourth-order valence-corrected chi connectivity index (χ4v) is 3.58. The van der Waals surface area contributed by atoms with E-state index in [-0.39, 0.29) is 29.5 Å². The second kappa shape index (κ2) is 9.22. The Labute approximate surface area is 183 Å². The van der Waals surface area contributed by atoms with Gasteiger partial charge in [-0.3, -0.25) is 4.79 Å². The first kappa shape index (κ1) is 20.9. The van der Waals surface area contributed by atoms with E-state index in [0.717, 1.165) is 0 Å². The van der Waals surface area contributed by atoms with Crippen molar-refractivity contribution in [2.75, 3.05) is 20.2 Å². The quantitative estimate of drug-likeness (QED) is 0.547. The van der Waals surface area contributed by atoms with E-state index in [1.54, 1.807) is 29.2 Å². The van der Waals surface area contributed by atoms with Gasteiger partial charge < -0.3 is 14.4 Å². The van der Waals surface area contributed by atoms with E-state index in [1.807, 2.05) is 6.07 Å². The van der Waals surface area contributed by atoms with Crippen LogP contribution in [0.4, 0.5) is 0 Å². The molecule has 1 amide bonds. The van der Waals surface area contributed by atoms with Crippen molar-refractivity contribution in [2.24, 2.45) is 0 Å². The summed E-state index contributed by atoms with van der Waals surface area (Å²) in [6.07, 6.45) is 3.65. The fourth-order valence-electron chi connectivity index (χ4n) is 3.58. The zero-order valence-corrected chi connectivity index (χ0v) is 17.2. The number of likely N-dealkylation sites (tertiary alicyclic amines) is 1. The average molecular weight is 433 g/mol. The Hall–Kier alpha value is -4.33. The van der Waals surface area contributed by atoms with Crippen LogP contribution < -0.4 is 4.74 Å². The van der Waals surface area contributed by atoms with Gasteiger partial charge in [-0.25, -0.2) is 9.78 Å². The molecule has 3 heterocycles. The molecule has 0 saturated carbocycles. The van der Waals surface area contributed by atoms with E-state index < -0.39 is 12.1 Å². The smallest absolute Gasteiger partial charge is 0.344 e. The number of piperidine rings is 1. The summed E-state index contributed by atoms with van der Waals surface area (Å²) in [6, 6.07) is 10.4. The van der Waals surface area contributed by atoms with Crippen LogP contribution in [0, 0.1) is 11.3 Å².